The van der Waals surface area contributed by atoms with Gasteiger partial charge in [0.25, 0.3) is 5.91 Å². The van der Waals surface area contributed by atoms with Crippen LogP contribution in [0.5, 0.6) is 5.75 Å². The Kier molecular flexibility index (Phi) is 8.19. The maximum Gasteiger partial charge on any atom is 0.404 e. The highest BCUT2D eigenvalue weighted by molar-refractivity contribution is 6.32. The zero-order valence-electron chi connectivity index (χ0n) is 18.3. The number of likely N-dealkylation sites (tertiary alicyclic amines) is 1. The quantitative estimate of drug-likeness (QED) is 0.230. The molecule has 1 aliphatic heterocycles. The number of carbonyl (C=O) groups excluding carboxylic acids is 2. The summed E-state index contributed by atoms with van der Waals surface area (Å²) >= 11 is 11.8. The average Bonchev–Trinajstić information content (AvgIpc) is 3.09. The van der Waals surface area contributed by atoms with Gasteiger partial charge in [0.2, 0.25) is 5.91 Å². The first-order valence-corrected chi connectivity index (χ1v) is 11.2. The second kappa shape index (κ2) is 10.9. The van der Waals surface area contributed by atoms with E-state index in [1.807, 2.05) is 0 Å². The highest BCUT2D eigenvalue weighted by atomic mass is 35.5. The van der Waals surface area contributed by atoms with Gasteiger partial charge in [-0.05, 0) is 55.2 Å². The number of ether oxygens (including phenoxy) is 1. The number of hydroxylamine groups is 1. The molecule has 0 bridgehead atoms. The molecule has 1 aliphatic rings. The van der Waals surface area contributed by atoms with Crippen molar-refractivity contribution in [2.24, 2.45) is 0 Å². The molecule has 0 spiro atoms. The lowest BCUT2D eigenvalue weighted by molar-refractivity contribution is -0.144. The van der Waals surface area contributed by atoms with E-state index in [2.05, 4.69) is 10.3 Å². The molecule has 2 unspecified atom stereocenters. The third-order valence-corrected chi connectivity index (χ3v) is 6.18. The summed E-state index contributed by atoms with van der Waals surface area (Å²) in [5.74, 6) is -0.480. The zero-order chi connectivity index (χ0) is 24.9. The maximum atomic E-state index is 13.3. The van der Waals surface area contributed by atoms with Crippen molar-refractivity contribution >= 4 is 41.1 Å². The number of amides is 3. The Morgan fingerprint density at radius 1 is 1.24 bits per heavy atom. The van der Waals surface area contributed by atoms with Crippen LogP contribution in [-0.4, -0.2) is 57.2 Å². The molecular formula is C22H24Cl2N4O6. The first kappa shape index (κ1) is 25.5. The minimum atomic E-state index is -1.24. The Bertz CT molecular complexity index is 1050. The molecule has 34 heavy (non-hydrogen) atoms. The third kappa shape index (κ3) is 5.88. The van der Waals surface area contributed by atoms with Crippen LogP contribution in [0.25, 0.3) is 0 Å². The smallest absolute Gasteiger partial charge is 0.404 e. The molecule has 1 saturated heterocycles. The summed E-state index contributed by atoms with van der Waals surface area (Å²) in [5, 5.41) is 20.6. The molecular weight excluding hydrogens is 487 g/mol. The van der Waals surface area contributed by atoms with Gasteiger partial charge in [0.05, 0.1) is 5.41 Å². The Hall–Kier alpha value is -3.08. The lowest BCUT2D eigenvalue weighted by atomic mass is 9.81. The molecule has 10 nitrogen and oxygen atoms in total. The Morgan fingerprint density at radius 3 is 2.47 bits per heavy atom. The number of carboxylic acid groups (broad SMARTS) is 1. The van der Waals surface area contributed by atoms with Crippen molar-refractivity contribution in [3.8, 4) is 5.75 Å². The number of nitrogens with zero attached hydrogens (tertiary/aromatic N) is 2. The van der Waals surface area contributed by atoms with Crippen molar-refractivity contribution < 1.29 is 29.4 Å². The average molecular weight is 511 g/mol. The van der Waals surface area contributed by atoms with Crippen molar-refractivity contribution in [1.82, 2.24) is 20.7 Å². The van der Waals surface area contributed by atoms with Gasteiger partial charge in [-0.2, -0.15) is 0 Å². The van der Waals surface area contributed by atoms with Gasteiger partial charge in [-0.3, -0.25) is 14.8 Å². The van der Waals surface area contributed by atoms with E-state index in [9.17, 15) is 14.4 Å². The van der Waals surface area contributed by atoms with Gasteiger partial charge in [-0.1, -0.05) is 35.3 Å². The lowest BCUT2D eigenvalue weighted by Crippen LogP contribution is -2.50. The molecule has 2 atom stereocenters. The number of nitrogens with one attached hydrogen (secondary N) is 2. The summed E-state index contributed by atoms with van der Waals surface area (Å²) in [6.45, 7) is 2.25. The molecule has 4 N–H and O–H groups in total. The van der Waals surface area contributed by atoms with Crippen molar-refractivity contribution in [3.63, 3.8) is 0 Å². The van der Waals surface area contributed by atoms with E-state index in [-0.39, 0.29) is 42.3 Å². The van der Waals surface area contributed by atoms with Crippen LogP contribution < -0.4 is 15.5 Å². The first-order chi connectivity index (χ1) is 16.1. The van der Waals surface area contributed by atoms with Gasteiger partial charge in [-0.15, -0.1) is 0 Å². The standard InChI is InChI=1S/C22H24Cl2N4O6/c1-22(7-9-28(20(22)30)16(19(29)27-33)6-8-25-21(31)32)14-2-4-15(5-3-14)34-12-13-10-17(23)26-18(24)11-13/h2-5,10-11,16,25,33H,6-9,12H2,1H3,(H,27,29)(H,31,32). The first-order valence-electron chi connectivity index (χ1n) is 10.4. The molecule has 3 rings (SSSR count). The monoisotopic (exact) mass is 510 g/mol. The molecule has 0 aliphatic carbocycles. The summed E-state index contributed by atoms with van der Waals surface area (Å²) in [6, 6.07) is 9.37. The summed E-state index contributed by atoms with van der Waals surface area (Å²) in [7, 11) is 0. The molecule has 182 valence electrons. The van der Waals surface area contributed by atoms with Crippen LogP contribution in [0.15, 0.2) is 36.4 Å². The second-order valence-corrected chi connectivity index (χ2v) is 8.80. The number of halogens is 2. The van der Waals surface area contributed by atoms with E-state index < -0.39 is 23.5 Å². The molecule has 1 aromatic heterocycles. The molecule has 12 heteroatoms. The van der Waals surface area contributed by atoms with E-state index in [1.165, 1.54) is 4.90 Å². The van der Waals surface area contributed by atoms with Gasteiger partial charge in [0.1, 0.15) is 28.7 Å². The van der Waals surface area contributed by atoms with Crippen molar-refractivity contribution in [3.05, 3.63) is 57.8 Å². The summed E-state index contributed by atoms with van der Waals surface area (Å²) in [6.07, 6.45) is -0.768. The number of aromatic nitrogens is 1. The van der Waals surface area contributed by atoms with Gasteiger partial charge >= 0.3 is 6.09 Å². The largest absolute Gasteiger partial charge is 0.489 e. The Balaban J connectivity index is 1.69. The molecule has 1 aromatic carbocycles. The number of pyridine rings is 1. The molecule has 0 radical (unpaired) electrons. The fourth-order valence-corrected chi connectivity index (χ4v) is 4.44. The van der Waals surface area contributed by atoms with Crippen molar-refractivity contribution in [1.29, 1.82) is 0 Å². The van der Waals surface area contributed by atoms with E-state index in [4.69, 9.17) is 38.3 Å². The Morgan fingerprint density at radius 2 is 1.88 bits per heavy atom. The van der Waals surface area contributed by atoms with E-state index in [1.54, 1.807) is 48.8 Å². The number of hydrogen-bond acceptors (Lipinski definition) is 6. The van der Waals surface area contributed by atoms with Gasteiger partial charge in [0.15, 0.2) is 0 Å². The number of rotatable bonds is 9. The van der Waals surface area contributed by atoms with E-state index >= 15 is 0 Å². The van der Waals surface area contributed by atoms with E-state index in [0.29, 0.717) is 12.2 Å². The van der Waals surface area contributed by atoms with Crippen LogP contribution in [-0.2, 0) is 21.6 Å². The predicted molar refractivity (Wildman–Crippen MR) is 123 cm³/mol. The van der Waals surface area contributed by atoms with Crippen molar-refractivity contribution in [2.75, 3.05) is 13.1 Å². The highest BCUT2D eigenvalue weighted by Gasteiger charge is 2.47. The van der Waals surface area contributed by atoms with Crippen molar-refractivity contribution in [2.45, 2.75) is 37.8 Å². The fraction of sp³-hybridized carbons (Fsp3) is 0.364. The van der Waals surface area contributed by atoms with Crippen LogP contribution >= 0.6 is 23.2 Å². The Labute approximate surface area is 205 Å². The van der Waals surface area contributed by atoms with Crippen LogP contribution in [0.1, 0.15) is 30.9 Å². The predicted octanol–water partition coefficient (Wildman–Crippen LogP) is 2.99. The summed E-state index contributed by atoms with van der Waals surface area (Å²) in [4.78, 5) is 41.5. The minimum absolute atomic E-state index is 0.0241. The third-order valence-electron chi connectivity index (χ3n) is 5.79. The van der Waals surface area contributed by atoms with Crippen LogP contribution in [0.4, 0.5) is 4.79 Å². The minimum Gasteiger partial charge on any atom is -0.489 e. The fourth-order valence-electron chi connectivity index (χ4n) is 3.94. The number of carbonyl (C=O) groups is 3. The SMILES string of the molecule is CC1(c2ccc(OCc3cc(Cl)nc(Cl)c3)cc2)CCN(C(CCNC(=O)O)C(=O)NO)C1=O. The van der Waals surface area contributed by atoms with Gasteiger partial charge < -0.3 is 20.1 Å². The van der Waals surface area contributed by atoms with Crippen LogP contribution in [0, 0.1) is 0 Å². The highest BCUT2D eigenvalue weighted by Crippen LogP contribution is 2.37. The molecule has 2 aromatic rings. The molecule has 1 fully saturated rings. The summed E-state index contributed by atoms with van der Waals surface area (Å²) in [5.41, 5.74) is 2.18. The van der Waals surface area contributed by atoms with Crippen LogP contribution in [0.2, 0.25) is 10.3 Å². The zero-order valence-corrected chi connectivity index (χ0v) is 19.8. The van der Waals surface area contributed by atoms with Gasteiger partial charge in [0, 0.05) is 13.1 Å². The number of hydrogen-bond donors (Lipinski definition) is 4. The normalized spacial score (nSPS) is 18.5. The van der Waals surface area contributed by atoms with Crippen LogP contribution in [0.3, 0.4) is 0 Å². The molecule has 3 amide bonds. The molecule has 2 heterocycles. The summed E-state index contributed by atoms with van der Waals surface area (Å²) < 4.78 is 5.77. The second-order valence-electron chi connectivity index (χ2n) is 8.03. The van der Waals surface area contributed by atoms with E-state index in [0.717, 1.165) is 11.1 Å². The topological polar surface area (TPSA) is 141 Å². The lowest BCUT2D eigenvalue weighted by Gasteiger charge is -2.29. The molecule has 0 saturated carbocycles. The van der Waals surface area contributed by atoms with Gasteiger partial charge in [-0.25, -0.2) is 15.3 Å². The maximum absolute atomic E-state index is 13.3. The number of benzene rings is 1.